The largest absolute Gasteiger partial charge is 0.334 e. The number of nitrogens with one attached hydrogen (secondary N) is 1. The van der Waals surface area contributed by atoms with Crippen LogP contribution in [0, 0.1) is 0 Å². The van der Waals surface area contributed by atoms with Crippen molar-refractivity contribution in [3.05, 3.63) is 30.1 Å². The van der Waals surface area contributed by atoms with E-state index in [-0.39, 0.29) is 17.3 Å². The summed E-state index contributed by atoms with van der Waals surface area (Å²) >= 11 is 0. The van der Waals surface area contributed by atoms with E-state index in [1.807, 2.05) is 0 Å². The topological polar surface area (TPSA) is 111 Å². The number of hydrogen-bond acceptors (Lipinski definition) is 6. The van der Waals surface area contributed by atoms with Crippen LogP contribution in [0.2, 0.25) is 0 Å². The summed E-state index contributed by atoms with van der Waals surface area (Å²) in [6, 6.07) is 6.25. The fourth-order valence-electron chi connectivity index (χ4n) is 2.22. The molecule has 0 spiro atoms. The van der Waals surface area contributed by atoms with Gasteiger partial charge >= 0.3 is 0 Å². The van der Waals surface area contributed by atoms with Gasteiger partial charge in [-0.3, -0.25) is 0 Å². The molecule has 1 aromatic carbocycles. The quantitative estimate of drug-likeness (QED) is 0.867. The van der Waals surface area contributed by atoms with Crippen LogP contribution >= 0.6 is 12.4 Å². The third-order valence-electron chi connectivity index (χ3n) is 3.80. The minimum Gasteiger partial charge on any atom is -0.334 e. The maximum absolute atomic E-state index is 11.7. The van der Waals surface area contributed by atoms with E-state index in [9.17, 15) is 8.42 Å². The molecule has 1 aliphatic rings. The first-order chi connectivity index (χ1) is 9.94. The van der Waals surface area contributed by atoms with Crippen LogP contribution in [0.1, 0.15) is 25.1 Å². The highest BCUT2D eigenvalue weighted by molar-refractivity contribution is 7.89. The molecule has 1 saturated carbocycles. The first-order valence-corrected chi connectivity index (χ1v) is 8.10. The molecule has 22 heavy (non-hydrogen) atoms. The molecule has 1 aromatic heterocycles. The summed E-state index contributed by atoms with van der Waals surface area (Å²) in [6.45, 7) is 0. The molecule has 0 radical (unpaired) electrons. The maximum atomic E-state index is 11.7. The number of aromatic nitrogens is 2. The summed E-state index contributed by atoms with van der Waals surface area (Å²) in [5, 5.41) is 3.93. The number of halogens is 1. The van der Waals surface area contributed by atoms with E-state index in [0.29, 0.717) is 17.3 Å². The van der Waals surface area contributed by atoms with E-state index in [0.717, 1.165) is 19.3 Å². The molecule has 0 unspecified atom stereocenters. The fourth-order valence-corrected chi connectivity index (χ4v) is 2.95. The Morgan fingerprint density at radius 3 is 2.41 bits per heavy atom. The highest BCUT2D eigenvalue weighted by atomic mass is 35.5. The summed E-state index contributed by atoms with van der Waals surface area (Å²) in [5.41, 5.74) is 6.33. The Balaban J connectivity index is 0.00000176. The maximum Gasteiger partial charge on any atom is 0.257 e. The van der Waals surface area contributed by atoms with Crippen molar-refractivity contribution < 1.29 is 12.9 Å². The predicted octanol–water partition coefficient (Wildman–Crippen LogP) is 1.40. The second kappa shape index (κ2) is 5.96. The van der Waals surface area contributed by atoms with E-state index < -0.39 is 15.6 Å². The number of benzene rings is 1. The average Bonchev–Trinajstić information content (AvgIpc) is 2.95. The zero-order valence-corrected chi connectivity index (χ0v) is 13.6. The van der Waals surface area contributed by atoms with Crippen LogP contribution in [-0.2, 0) is 15.6 Å². The van der Waals surface area contributed by atoms with Gasteiger partial charge in [-0.2, -0.15) is 4.98 Å². The Hall–Kier alpha value is -1.48. The Bertz CT molecular complexity index is 754. The first kappa shape index (κ1) is 16.9. The Morgan fingerprint density at radius 1 is 1.27 bits per heavy atom. The highest BCUT2D eigenvalue weighted by Crippen LogP contribution is 2.37. The molecule has 3 rings (SSSR count). The SMILES string of the molecule is CNS(=O)(=O)c1ccc(-c2nc(C3(N)CCC3)no2)cc1.Cl. The number of sulfonamides is 1. The van der Waals surface area contributed by atoms with Gasteiger partial charge in [0.2, 0.25) is 10.0 Å². The van der Waals surface area contributed by atoms with Crippen LogP contribution in [-0.4, -0.2) is 25.6 Å². The normalized spacial score (nSPS) is 16.6. The van der Waals surface area contributed by atoms with Crippen LogP contribution in [0.5, 0.6) is 0 Å². The van der Waals surface area contributed by atoms with Gasteiger partial charge < -0.3 is 10.3 Å². The van der Waals surface area contributed by atoms with E-state index in [1.54, 1.807) is 12.1 Å². The Labute approximate surface area is 134 Å². The predicted molar refractivity (Wildman–Crippen MR) is 82.9 cm³/mol. The van der Waals surface area contributed by atoms with Crippen molar-refractivity contribution >= 4 is 22.4 Å². The smallest absolute Gasteiger partial charge is 0.257 e. The van der Waals surface area contributed by atoms with Crippen molar-refractivity contribution in [2.24, 2.45) is 5.73 Å². The lowest BCUT2D eigenvalue weighted by Crippen LogP contribution is -2.44. The van der Waals surface area contributed by atoms with E-state index in [1.165, 1.54) is 19.2 Å². The van der Waals surface area contributed by atoms with Gasteiger partial charge in [0, 0.05) is 5.56 Å². The minimum absolute atomic E-state index is 0. The van der Waals surface area contributed by atoms with Crippen molar-refractivity contribution in [3.8, 4) is 11.5 Å². The van der Waals surface area contributed by atoms with Crippen molar-refractivity contribution in [1.29, 1.82) is 0 Å². The molecule has 0 saturated heterocycles. The van der Waals surface area contributed by atoms with Gasteiger partial charge in [0.15, 0.2) is 5.82 Å². The third-order valence-corrected chi connectivity index (χ3v) is 5.23. The summed E-state index contributed by atoms with van der Waals surface area (Å²) in [7, 11) is -2.08. The highest BCUT2D eigenvalue weighted by Gasteiger charge is 2.39. The molecule has 1 fully saturated rings. The van der Waals surface area contributed by atoms with Gasteiger partial charge in [-0.1, -0.05) is 5.16 Å². The molecule has 7 nitrogen and oxygen atoms in total. The molecule has 3 N–H and O–H groups in total. The van der Waals surface area contributed by atoms with Crippen molar-refractivity contribution in [1.82, 2.24) is 14.9 Å². The third kappa shape index (κ3) is 2.87. The molecule has 1 heterocycles. The lowest BCUT2D eigenvalue weighted by Gasteiger charge is -2.34. The van der Waals surface area contributed by atoms with E-state index in [2.05, 4.69) is 14.9 Å². The van der Waals surface area contributed by atoms with Gasteiger partial charge in [0.05, 0.1) is 10.4 Å². The van der Waals surface area contributed by atoms with Crippen molar-refractivity contribution in [2.75, 3.05) is 7.05 Å². The van der Waals surface area contributed by atoms with E-state index >= 15 is 0 Å². The van der Waals surface area contributed by atoms with Crippen LogP contribution in [0.15, 0.2) is 33.7 Å². The van der Waals surface area contributed by atoms with E-state index in [4.69, 9.17) is 10.3 Å². The number of rotatable bonds is 4. The number of nitrogens with zero attached hydrogens (tertiary/aromatic N) is 2. The molecular weight excluding hydrogens is 328 g/mol. The number of hydrogen-bond donors (Lipinski definition) is 2. The van der Waals surface area contributed by atoms with Crippen molar-refractivity contribution in [3.63, 3.8) is 0 Å². The molecular formula is C13H17ClN4O3S. The molecule has 1 aliphatic carbocycles. The van der Waals surface area contributed by atoms with Gasteiger partial charge in [-0.15, -0.1) is 12.4 Å². The number of nitrogens with two attached hydrogens (primary N) is 1. The summed E-state index contributed by atoms with van der Waals surface area (Å²) in [5.74, 6) is 0.853. The molecule has 0 amide bonds. The summed E-state index contributed by atoms with van der Waals surface area (Å²) in [6.07, 6.45) is 2.77. The second-order valence-electron chi connectivity index (χ2n) is 5.16. The lowest BCUT2D eigenvalue weighted by molar-refractivity contribution is 0.229. The molecule has 0 bridgehead atoms. The standard InChI is InChI=1S/C13H16N4O3S.ClH/c1-15-21(18,19)10-5-3-9(4-6-10)11-16-12(17-20-11)13(14)7-2-8-13;/h3-6,15H,2,7-8,14H2,1H3;1H. The van der Waals surface area contributed by atoms with Crippen LogP contribution in [0.4, 0.5) is 0 Å². The molecule has 0 atom stereocenters. The summed E-state index contributed by atoms with van der Waals surface area (Å²) < 4.78 is 30.8. The average molecular weight is 345 g/mol. The van der Waals surface area contributed by atoms with Gasteiger partial charge in [-0.25, -0.2) is 13.1 Å². The van der Waals surface area contributed by atoms with Crippen LogP contribution in [0.3, 0.4) is 0 Å². The zero-order valence-electron chi connectivity index (χ0n) is 11.9. The zero-order chi connectivity index (χ0) is 15.1. The second-order valence-corrected chi connectivity index (χ2v) is 7.05. The van der Waals surface area contributed by atoms with Crippen molar-refractivity contribution in [2.45, 2.75) is 29.7 Å². The molecule has 9 heteroatoms. The molecule has 120 valence electrons. The van der Waals surface area contributed by atoms with Crippen LogP contribution < -0.4 is 10.5 Å². The van der Waals surface area contributed by atoms with Gasteiger partial charge in [-0.05, 0) is 50.6 Å². The monoisotopic (exact) mass is 344 g/mol. The molecule has 2 aromatic rings. The Morgan fingerprint density at radius 2 is 1.91 bits per heavy atom. The van der Waals surface area contributed by atoms with Gasteiger partial charge in [0.1, 0.15) is 0 Å². The minimum atomic E-state index is -3.45. The Kier molecular flexibility index (Phi) is 4.57. The van der Waals surface area contributed by atoms with Gasteiger partial charge in [0.25, 0.3) is 5.89 Å². The lowest BCUT2D eigenvalue weighted by atomic mass is 9.77. The fraction of sp³-hybridized carbons (Fsp3) is 0.385. The summed E-state index contributed by atoms with van der Waals surface area (Å²) in [4.78, 5) is 4.50. The molecule has 0 aliphatic heterocycles. The van der Waals surface area contributed by atoms with Crippen LogP contribution in [0.25, 0.3) is 11.5 Å². The first-order valence-electron chi connectivity index (χ1n) is 6.62.